The molecule has 0 spiro atoms. The van der Waals surface area contributed by atoms with Crippen molar-refractivity contribution in [2.45, 2.75) is 60.0 Å². The standard InChI is InChI=1S/C22H38N4O2.HI/c1-6-23-22(25-18(5)11-10-16-26(7-2)8-3)24-17-19-12-14-20(15-13-19)21(27)28-9-4;/h12-15,18H,6-11,16-17H2,1-5H3,(H2,23,24,25);1H. The number of guanidine groups is 1. The first-order chi connectivity index (χ1) is 13.5. The Labute approximate surface area is 193 Å². The van der Waals surface area contributed by atoms with Crippen LogP contribution >= 0.6 is 24.0 Å². The molecule has 0 heterocycles. The van der Waals surface area contributed by atoms with E-state index >= 15 is 0 Å². The maximum absolute atomic E-state index is 11.7. The number of ether oxygens (including phenoxy) is 1. The van der Waals surface area contributed by atoms with Gasteiger partial charge in [-0.05, 0) is 70.9 Å². The number of halogens is 1. The Balaban J connectivity index is 0.00000784. The van der Waals surface area contributed by atoms with E-state index in [2.05, 4.69) is 48.2 Å². The molecule has 7 heteroatoms. The van der Waals surface area contributed by atoms with Crippen molar-refractivity contribution >= 4 is 35.9 Å². The van der Waals surface area contributed by atoms with Crippen LogP contribution in [0.25, 0.3) is 0 Å². The fourth-order valence-corrected chi connectivity index (χ4v) is 2.92. The summed E-state index contributed by atoms with van der Waals surface area (Å²) in [6.07, 6.45) is 2.28. The van der Waals surface area contributed by atoms with Gasteiger partial charge < -0.3 is 20.3 Å². The zero-order chi connectivity index (χ0) is 20.8. The van der Waals surface area contributed by atoms with Crippen LogP contribution in [0.3, 0.4) is 0 Å². The Morgan fingerprint density at radius 1 is 1.14 bits per heavy atom. The molecule has 166 valence electrons. The topological polar surface area (TPSA) is 66.0 Å². The molecular weight excluding hydrogens is 479 g/mol. The van der Waals surface area contributed by atoms with E-state index in [1.807, 2.05) is 12.1 Å². The lowest BCUT2D eigenvalue weighted by Gasteiger charge is -2.21. The molecule has 29 heavy (non-hydrogen) atoms. The smallest absolute Gasteiger partial charge is 0.338 e. The number of nitrogens with zero attached hydrogens (tertiary/aromatic N) is 2. The van der Waals surface area contributed by atoms with Gasteiger partial charge in [-0.1, -0.05) is 26.0 Å². The monoisotopic (exact) mass is 518 g/mol. The Bertz CT molecular complexity index is 589. The Morgan fingerprint density at radius 2 is 1.79 bits per heavy atom. The quantitative estimate of drug-likeness (QED) is 0.189. The maximum atomic E-state index is 11.7. The molecule has 0 saturated heterocycles. The predicted octanol–water partition coefficient (Wildman–Crippen LogP) is 4.05. The minimum Gasteiger partial charge on any atom is -0.462 e. The van der Waals surface area contributed by atoms with Crippen LogP contribution in [0, 0.1) is 0 Å². The van der Waals surface area contributed by atoms with E-state index in [4.69, 9.17) is 4.74 Å². The molecule has 0 radical (unpaired) electrons. The predicted molar refractivity (Wildman–Crippen MR) is 132 cm³/mol. The molecule has 2 N–H and O–H groups in total. The third-order valence-electron chi connectivity index (χ3n) is 4.62. The minimum absolute atomic E-state index is 0. The van der Waals surface area contributed by atoms with Gasteiger partial charge in [-0.15, -0.1) is 24.0 Å². The molecule has 0 saturated carbocycles. The highest BCUT2D eigenvalue weighted by Crippen LogP contribution is 2.07. The van der Waals surface area contributed by atoms with E-state index in [1.54, 1.807) is 19.1 Å². The fraction of sp³-hybridized carbons (Fsp3) is 0.636. The SMILES string of the molecule is CCNC(=NCc1ccc(C(=O)OCC)cc1)NC(C)CCCN(CC)CC.I. The van der Waals surface area contributed by atoms with Gasteiger partial charge in [0.15, 0.2) is 5.96 Å². The van der Waals surface area contributed by atoms with Crippen molar-refractivity contribution in [3.63, 3.8) is 0 Å². The number of aliphatic imine (C=N–C) groups is 1. The Morgan fingerprint density at radius 3 is 2.34 bits per heavy atom. The summed E-state index contributed by atoms with van der Waals surface area (Å²) in [7, 11) is 0. The lowest BCUT2D eigenvalue weighted by atomic mass is 10.1. The summed E-state index contributed by atoms with van der Waals surface area (Å²) >= 11 is 0. The first-order valence-corrected chi connectivity index (χ1v) is 10.6. The number of esters is 1. The number of hydrogen-bond acceptors (Lipinski definition) is 4. The molecule has 1 aromatic rings. The van der Waals surface area contributed by atoms with Crippen LogP contribution < -0.4 is 10.6 Å². The van der Waals surface area contributed by atoms with Gasteiger partial charge in [0.05, 0.1) is 18.7 Å². The number of rotatable bonds is 12. The Hall–Kier alpha value is -1.35. The van der Waals surface area contributed by atoms with Crippen LogP contribution in [0.4, 0.5) is 0 Å². The average Bonchev–Trinajstić information content (AvgIpc) is 2.70. The molecule has 1 rings (SSSR count). The van der Waals surface area contributed by atoms with Crippen LogP contribution in [0.15, 0.2) is 29.3 Å². The third-order valence-corrected chi connectivity index (χ3v) is 4.62. The zero-order valence-corrected chi connectivity index (χ0v) is 21.0. The molecule has 0 fully saturated rings. The normalized spacial score (nSPS) is 12.3. The zero-order valence-electron chi connectivity index (χ0n) is 18.7. The maximum Gasteiger partial charge on any atom is 0.338 e. The van der Waals surface area contributed by atoms with Crippen molar-refractivity contribution in [3.8, 4) is 0 Å². The number of hydrogen-bond donors (Lipinski definition) is 2. The highest BCUT2D eigenvalue weighted by Gasteiger charge is 2.08. The summed E-state index contributed by atoms with van der Waals surface area (Å²) in [4.78, 5) is 18.9. The van der Waals surface area contributed by atoms with Crippen molar-refractivity contribution in [3.05, 3.63) is 35.4 Å². The largest absolute Gasteiger partial charge is 0.462 e. The van der Waals surface area contributed by atoms with Gasteiger partial charge in [0.25, 0.3) is 0 Å². The third kappa shape index (κ3) is 11.4. The lowest BCUT2D eigenvalue weighted by Crippen LogP contribution is -2.42. The van der Waals surface area contributed by atoms with Crippen molar-refractivity contribution in [2.24, 2.45) is 4.99 Å². The van der Waals surface area contributed by atoms with E-state index in [1.165, 1.54) is 6.42 Å². The molecule has 0 aromatic heterocycles. The van der Waals surface area contributed by atoms with Crippen molar-refractivity contribution in [1.82, 2.24) is 15.5 Å². The number of carbonyl (C=O) groups excluding carboxylic acids is 1. The molecule has 6 nitrogen and oxygen atoms in total. The second kappa shape index (κ2) is 16.4. The van der Waals surface area contributed by atoms with Gasteiger partial charge in [0.1, 0.15) is 0 Å². The molecule has 1 unspecified atom stereocenters. The van der Waals surface area contributed by atoms with Crippen LogP contribution in [0.5, 0.6) is 0 Å². The summed E-state index contributed by atoms with van der Waals surface area (Å²) in [6.45, 7) is 15.6. The van der Waals surface area contributed by atoms with Gasteiger partial charge in [-0.25, -0.2) is 9.79 Å². The molecule has 1 aromatic carbocycles. The van der Waals surface area contributed by atoms with Crippen LogP contribution in [0.2, 0.25) is 0 Å². The molecule has 1 atom stereocenters. The van der Waals surface area contributed by atoms with Crippen molar-refractivity contribution in [2.75, 3.05) is 32.8 Å². The van der Waals surface area contributed by atoms with Crippen molar-refractivity contribution < 1.29 is 9.53 Å². The molecule has 0 aliphatic rings. The van der Waals surface area contributed by atoms with E-state index in [0.29, 0.717) is 24.8 Å². The summed E-state index contributed by atoms with van der Waals surface area (Å²) in [5, 5.41) is 6.80. The first-order valence-electron chi connectivity index (χ1n) is 10.6. The van der Waals surface area contributed by atoms with Crippen molar-refractivity contribution in [1.29, 1.82) is 0 Å². The van der Waals surface area contributed by atoms with E-state index < -0.39 is 0 Å². The Kier molecular flexibility index (Phi) is 15.7. The molecular formula is C22H39IN4O2. The lowest BCUT2D eigenvalue weighted by molar-refractivity contribution is 0.0526. The summed E-state index contributed by atoms with van der Waals surface area (Å²) in [6, 6.07) is 7.79. The van der Waals surface area contributed by atoms with Gasteiger partial charge in [0, 0.05) is 12.6 Å². The summed E-state index contributed by atoms with van der Waals surface area (Å²) in [5.74, 6) is 0.540. The fourth-order valence-electron chi connectivity index (χ4n) is 2.92. The number of benzene rings is 1. The highest BCUT2D eigenvalue weighted by molar-refractivity contribution is 14.0. The molecule has 0 aliphatic carbocycles. The van der Waals surface area contributed by atoms with Crippen LogP contribution in [0.1, 0.15) is 63.4 Å². The van der Waals surface area contributed by atoms with Gasteiger partial charge in [-0.2, -0.15) is 0 Å². The average molecular weight is 518 g/mol. The second-order valence-corrected chi connectivity index (χ2v) is 6.83. The highest BCUT2D eigenvalue weighted by atomic mass is 127. The first kappa shape index (κ1) is 27.6. The van der Waals surface area contributed by atoms with Crippen LogP contribution in [-0.4, -0.2) is 55.7 Å². The number of carbonyl (C=O) groups is 1. The molecule has 0 bridgehead atoms. The minimum atomic E-state index is -0.286. The number of nitrogens with one attached hydrogen (secondary N) is 2. The van der Waals surface area contributed by atoms with Crippen LogP contribution in [-0.2, 0) is 11.3 Å². The molecule has 0 amide bonds. The summed E-state index contributed by atoms with van der Waals surface area (Å²) < 4.78 is 5.01. The van der Waals surface area contributed by atoms with E-state index in [0.717, 1.165) is 44.1 Å². The van der Waals surface area contributed by atoms with E-state index in [9.17, 15) is 4.79 Å². The second-order valence-electron chi connectivity index (χ2n) is 6.83. The molecule has 0 aliphatic heterocycles. The van der Waals surface area contributed by atoms with Gasteiger partial charge >= 0.3 is 5.97 Å². The van der Waals surface area contributed by atoms with Gasteiger partial charge in [0.2, 0.25) is 0 Å². The van der Waals surface area contributed by atoms with Gasteiger partial charge in [-0.3, -0.25) is 0 Å². The van der Waals surface area contributed by atoms with E-state index in [-0.39, 0.29) is 29.9 Å². The summed E-state index contributed by atoms with van der Waals surface area (Å²) in [5.41, 5.74) is 1.63.